The van der Waals surface area contributed by atoms with Crippen molar-refractivity contribution in [2.24, 2.45) is 0 Å². The zero-order chi connectivity index (χ0) is 22.0. The van der Waals surface area contributed by atoms with E-state index in [0.717, 1.165) is 19.3 Å². The van der Waals surface area contributed by atoms with E-state index in [2.05, 4.69) is 5.32 Å². The fourth-order valence-electron chi connectivity index (χ4n) is 4.33. The number of rotatable bonds is 6. The highest BCUT2D eigenvalue weighted by molar-refractivity contribution is 5.99. The molecule has 0 saturated carbocycles. The van der Waals surface area contributed by atoms with Crippen LogP contribution in [0.2, 0.25) is 0 Å². The highest BCUT2D eigenvalue weighted by Crippen LogP contribution is 2.35. The lowest BCUT2D eigenvalue weighted by Gasteiger charge is -2.35. The zero-order valence-corrected chi connectivity index (χ0v) is 17.6. The molecule has 0 spiro atoms. The summed E-state index contributed by atoms with van der Waals surface area (Å²) in [7, 11) is 0. The number of hydrogen-bond donors (Lipinski definition) is 2. The van der Waals surface area contributed by atoms with E-state index in [0.29, 0.717) is 41.9 Å². The summed E-state index contributed by atoms with van der Waals surface area (Å²) in [6.45, 7) is 3.00. The summed E-state index contributed by atoms with van der Waals surface area (Å²) in [5.74, 6) is 0.248. The van der Waals surface area contributed by atoms with Crippen LogP contribution in [0.1, 0.15) is 43.0 Å². The van der Waals surface area contributed by atoms with Gasteiger partial charge in [-0.1, -0.05) is 0 Å². The number of aliphatic hydroxyl groups is 1. The van der Waals surface area contributed by atoms with E-state index in [4.69, 9.17) is 9.47 Å². The Balaban J connectivity index is 1.55. The van der Waals surface area contributed by atoms with Crippen molar-refractivity contribution in [1.29, 1.82) is 0 Å². The van der Waals surface area contributed by atoms with Crippen molar-refractivity contribution in [3.05, 3.63) is 34.1 Å². The molecule has 4 rings (SSSR count). The Hall–Kier alpha value is -3.07. The van der Waals surface area contributed by atoms with Crippen LogP contribution in [-0.2, 0) is 11.3 Å². The van der Waals surface area contributed by atoms with E-state index >= 15 is 0 Å². The molecule has 3 heterocycles. The van der Waals surface area contributed by atoms with E-state index in [9.17, 15) is 19.5 Å². The monoisotopic (exact) mass is 429 g/mol. The van der Waals surface area contributed by atoms with Crippen LogP contribution in [0.15, 0.2) is 23.1 Å². The fraction of sp³-hybridized carbons (Fsp3) is 0.500. The average Bonchev–Trinajstić information content (AvgIpc) is 3.25. The molecule has 0 aliphatic carbocycles. The third-order valence-electron chi connectivity index (χ3n) is 5.97. The number of aromatic nitrogens is 1. The molecule has 1 aromatic heterocycles. The van der Waals surface area contributed by atoms with E-state index < -0.39 is 11.3 Å². The van der Waals surface area contributed by atoms with Crippen LogP contribution in [0, 0.1) is 0 Å². The van der Waals surface area contributed by atoms with Crippen LogP contribution in [0.5, 0.6) is 11.5 Å². The summed E-state index contributed by atoms with van der Waals surface area (Å²) in [5.41, 5.74) is 0.218. The standard InChI is InChI=1S/C22H27N3O6/c1-2-24-12-16(21(28)15-9-18-19(10-17(15)24)31-13-30-18)22(29)23-11-20(27)25-7-4-3-5-14(25)6-8-26/h9-10,12,14,26H,2-8,11,13H2,1H3,(H,23,29). The smallest absolute Gasteiger partial charge is 0.257 e. The number of fused-ring (bicyclic) bond motifs is 2. The molecular weight excluding hydrogens is 402 g/mol. The molecule has 31 heavy (non-hydrogen) atoms. The molecule has 0 radical (unpaired) electrons. The van der Waals surface area contributed by atoms with E-state index in [1.165, 1.54) is 6.20 Å². The minimum atomic E-state index is -0.587. The predicted octanol–water partition coefficient (Wildman–Crippen LogP) is 1.24. The Labute approximate surface area is 179 Å². The van der Waals surface area contributed by atoms with Crippen molar-refractivity contribution in [1.82, 2.24) is 14.8 Å². The number of likely N-dealkylation sites (tertiary alicyclic amines) is 1. The van der Waals surface area contributed by atoms with Gasteiger partial charge in [0.25, 0.3) is 5.91 Å². The quantitative estimate of drug-likeness (QED) is 0.715. The number of hydrogen-bond acceptors (Lipinski definition) is 6. The van der Waals surface area contributed by atoms with Gasteiger partial charge in [-0.2, -0.15) is 0 Å². The van der Waals surface area contributed by atoms with Crippen molar-refractivity contribution < 1.29 is 24.2 Å². The molecule has 2 aliphatic rings. The number of carbonyl (C=O) groups excluding carboxylic acids is 2. The summed E-state index contributed by atoms with van der Waals surface area (Å²) in [4.78, 5) is 40.3. The van der Waals surface area contributed by atoms with Crippen molar-refractivity contribution in [2.75, 3.05) is 26.5 Å². The number of nitrogens with zero attached hydrogens (tertiary/aromatic N) is 2. The molecule has 1 aromatic carbocycles. The van der Waals surface area contributed by atoms with E-state index in [1.54, 1.807) is 21.6 Å². The molecule has 2 amide bonds. The van der Waals surface area contributed by atoms with E-state index in [-0.39, 0.29) is 37.5 Å². The molecule has 9 heteroatoms. The first-order valence-electron chi connectivity index (χ1n) is 10.7. The number of carbonyl (C=O) groups is 2. The Morgan fingerprint density at radius 3 is 2.74 bits per heavy atom. The van der Waals surface area contributed by atoms with Gasteiger partial charge in [0, 0.05) is 38.0 Å². The maximum Gasteiger partial charge on any atom is 0.257 e. The highest BCUT2D eigenvalue weighted by Gasteiger charge is 2.27. The van der Waals surface area contributed by atoms with Crippen LogP contribution in [0.3, 0.4) is 0 Å². The minimum Gasteiger partial charge on any atom is -0.454 e. The highest BCUT2D eigenvalue weighted by atomic mass is 16.7. The Bertz CT molecular complexity index is 1060. The number of benzene rings is 1. The molecule has 1 fully saturated rings. The van der Waals surface area contributed by atoms with Gasteiger partial charge in [0.2, 0.25) is 18.1 Å². The first-order chi connectivity index (χ1) is 15.0. The lowest BCUT2D eigenvalue weighted by molar-refractivity contribution is -0.134. The van der Waals surface area contributed by atoms with Crippen molar-refractivity contribution in [2.45, 2.75) is 45.2 Å². The lowest BCUT2D eigenvalue weighted by Crippen LogP contribution is -2.48. The van der Waals surface area contributed by atoms with Gasteiger partial charge in [0.05, 0.1) is 17.4 Å². The van der Waals surface area contributed by atoms with Crippen molar-refractivity contribution in [3.63, 3.8) is 0 Å². The Kier molecular flexibility index (Phi) is 6.13. The minimum absolute atomic E-state index is 0.00884. The molecule has 1 atom stereocenters. The number of pyridine rings is 1. The molecule has 2 aromatic rings. The van der Waals surface area contributed by atoms with Crippen LogP contribution in [0.25, 0.3) is 10.9 Å². The number of amides is 2. The van der Waals surface area contributed by atoms with Crippen LogP contribution in [-0.4, -0.2) is 58.9 Å². The second-order valence-corrected chi connectivity index (χ2v) is 7.81. The summed E-state index contributed by atoms with van der Waals surface area (Å²) in [6.07, 6.45) is 4.82. The SMILES string of the molecule is CCn1cc(C(=O)NCC(=O)N2CCCCC2CCO)c(=O)c2cc3c(cc21)OCO3. The first kappa shape index (κ1) is 21.2. The number of piperidine rings is 1. The number of ether oxygens (including phenoxy) is 2. The van der Waals surface area contributed by atoms with Gasteiger partial charge in [-0.25, -0.2) is 0 Å². The summed E-state index contributed by atoms with van der Waals surface area (Å²) >= 11 is 0. The molecule has 9 nitrogen and oxygen atoms in total. The average molecular weight is 429 g/mol. The normalized spacial score (nSPS) is 17.7. The van der Waals surface area contributed by atoms with Gasteiger partial charge in [0.1, 0.15) is 5.56 Å². The molecular formula is C22H27N3O6. The fourth-order valence-corrected chi connectivity index (χ4v) is 4.33. The second-order valence-electron chi connectivity index (χ2n) is 7.81. The third-order valence-corrected chi connectivity index (χ3v) is 5.97. The maximum absolute atomic E-state index is 13.0. The topological polar surface area (TPSA) is 110 Å². The number of aryl methyl sites for hydroxylation is 1. The molecule has 2 N–H and O–H groups in total. The van der Waals surface area contributed by atoms with Crippen molar-refractivity contribution in [3.8, 4) is 11.5 Å². The lowest BCUT2D eigenvalue weighted by atomic mass is 9.99. The molecule has 1 saturated heterocycles. The Morgan fingerprint density at radius 1 is 1.23 bits per heavy atom. The van der Waals surface area contributed by atoms with Crippen LogP contribution >= 0.6 is 0 Å². The zero-order valence-electron chi connectivity index (χ0n) is 17.6. The molecule has 2 aliphatic heterocycles. The summed E-state index contributed by atoms with van der Waals surface area (Å²) in [5, 5.41) is 12.2. The third kappa shape index (κ3) is 4.10. The van der Waals surface area contributed by atoms with Gasteiger partial charge < -0.3 is 29.4 Å². The first-order valence-corrected chi connectivity index (χ1v) is 10.7. The van der Waals surface area contributed by atoms with Crippen LogP contribution < -0.4 is 20.2 Å². The van der Waals surface area contributed by atoms with Gasteiger partial charge in [-0.15, -0.1) is 0 Å². The predicted molar refractivity (Wildman–Crippen MR) is 113 cm³/mol. The summed E-state index contributed by atoms with van der Waals surface area (Å²) in [6, 6.07) is 3.33. The van der Waals surface area contributed by atoms with Crippen molar-refractivity contribution >= 4 is 22.7 Å². The number of aliphatic hydroxyl groups excluding tert-OH is 1. The number of nitrogens with one attached hydrogen (secondary N) is 1. The van der Waals surface area contributed by atoms with Crippen LogP contribution in [0.4, 0.5) is 0 Å². The second kappa shape index (κ2) is 8.97. The van der Waals surface area contributed by atoms with Gasteiger partial charge in [-0.05, 0) is 38.7 Å². The van der Waals surface area contributed by atoms with E-state index in [1.807, 2.05) is 6.92 Å². The maximum atomic E-state index is 13.0. The molecule has 0 bridgehead atoms. The summed E-state index contributed by atoms with van der Waals surface area (Å²) < 4.78 is 12.6. The van der Waals surface area contributed by atoms with Gasteiger partial charge in [-0.3, -0.25) is 14.4 Å². The van der Waals surface area contributed by atoms with Gasteiger partial charge >= 0.3 is 0 Å². The molecule has 166 valence electrons. The largest absolute Gasteiger partial charge is 0.454 e. The Morgan fingerprint density at radius 2 is 2.00 bits per heavy atom. The molecule has 1 unspecified atom stereocenters. The van der Waals surface area contributed by atoms with Gasteiger partial charge in [0.15, 0.2) is 11.5 Å².